The van der Waals surface area contributed by atoms with Crippen LogP contribution in [0.25, 0.3) is 0 Å². The molecule has 0 aromatic carbocycles. The van der Waals surface area contributed by atoms with Crippen molar-refractivity contribution < 1.29 is 0 Å². The zero-order chi connectivity index (χ0) is 11.6. The van der Waals surface area contributed by atoms with Gasteiger partial charge in [-0.05, 0) is 31.4 Å². The van der Waals surface area contributed by atoms with E-state index in [1.807, 2.05) is 18.5 Å². The smallest absolute Gasteiger partial charge is 0.0844 e. The lowest BCUT2D eigenvalue weighted by atomic mass is 9.98. The Bertz CT molecular complexity index is 334. The van der Waals surface area contributed by atoms with Crippen molar-refractivity contribution in [2.75, 3.05) is 5.75 Å². The predicted octanol–water partition coefficient (Wildman–Crippen LogP) is 3.36. The fourth-order valence-corrected chi connectivity index (χ4v) is 2.23. The second kappa shape index (κ2) is 5.26. The van der Waals surface area contributed by atoms with Gasteiger partial charge in [-0.15, -0.1) is 0 Å². The first kappa shape index (κ1) is 12.9. The van der Waals surface area contributed by atoms with Gasteiger partial charge in [0.05, 0.1) is 16.4 Å². The summed E-state index contributed by atoms with van der Waals surface area (Å²) in [4.78, 5) is 0. The van der Waals surface area contributed by atoms with E-state index in [-0.39, 0.29) is 0 Å². The molecule has 0 spiro atoms. The summed E-state index contributed by atoms with van der Waals surface area (Å²) < 4.78 is 2.00. The normalized spacial score (nSPS) is 13.5. The van der Waals surface area contributed by atoms with E-state index in [0.717, 1.165) is 28.7 Å². The van der Waals surface area contributed by atoms with E-state index < -0.39 is 0 Å². The quantitative estimate of drug-likeness (QED) is 0.807. The van der Waals surface area contributed by atoms with Crippen LogP contribution >= 0.6 is 24.2 Å². The molecule has 86 valence electrons. The van der Waals surface area contributed by atoms with Crippen molar-refractivity contribution >= 4 is 24.2 Å². The van der Waals surface area contributed by atoms with Crippen LogP contribution in [0.2, 0.25) is 5.02 Å². The van der Waals surface area contributed by atoms with Crippen LogP contribution in [-0.2, 0) is 6.54 Å². The molecule has 1 aromatic rings. The molecule has 0 aliphatic carbocycles. The highest BCUT2D eigenvalue weighted by atomic mass is 35.5. The van der Waals surface area contributed by atoms with Crippen molar-refractivity contribution in [1.82, 2.24) is 9.78 Å². The summed E-state index contributed by atoms with van der Waals surface area (Å²) in [7, 11) is 0. The number of halogens is 1. The topological polar surface area (TPSA) is 17.8 Å². The van der Waals surface area contributed by atoms with Crippen molar-refractivity contribution in [3.63, 3.8) is 0 Å². The van der Waals surface area contributed by atoms with Gasteiger partial charge in [0.1, 0.15) is 0 Å². The molecule has 2 nitrogen and oxygen atoms in total. The van der Waals surface area contributed by atoms with Crippen LogP contribution in [0.15, 0.2) is 0 Å². The second-order valence-corrected chi connectivity index (χ2v) is 5.10. The van der Waals surface area contributed by atoms with Gasteiger partial charge >= 0.3 is 0 Å². The SMILES string of the molecule is Cc1nn(CC(CS)C(C)C)c(C)c1Cl. The standard InChI is InChI=1S/C11H19ClN2S/c1-7(2)10(6-15)5-14-9(4)11(12)8(3)13-14/h7,10,15H,5-6H2,1-4H3. The van der Waals surface area contributed by atoms with Crippen LogP contribution in [0, 0.1) is 25.7 Å². The number of rotatable bonds is 4. The van der Waals surface area contributed by atoms with Crippen LogP contribution in [0.3, 0.4) is 0 Å². The molecule has 1 atom stereocenters. The van der Waals surface area contributed by atoms with E-state index in [9.17, 15) is 0 Å². The van der Waals surface area contributed by atoms with Crippen molar-refractivity contribution in [2.24, 2.45) is 11.8 Å². The van der Waals surface area contributed by atoms with Gasteiger partial charge in [0.25, 0.3) is 0 Å². The highest BCUT2D eigenvalue weighted by molar-refractivity contribution is 7.80. The summed E-state index contributed by atoms with van der Waals surface area (Å²) in [5, 5.41) is 5.22. The number of aryl methyl sites for hydroxylation is 1. The molecular weight excluding hydrogens is 228 g/mol. The Morgan fingerprint density at radius 1 is 1.40 bits per heavy atom. The van der Waals surface area contributed by atoms with Crippen LogP contribution in [-0.4, -0.2) is 15.5 Å². The summed E-state index contributed by atoms with van der Waals surface area (Å²) in [6.45, 7) is 9.29. The third kappa shape index (κ3) is 2.91. The number of hydrogen-bond acceptors (Lipinski definition) is 2. The highest BCUT2D eigenvalue weighted by Gasteiger charge is 2.16. The number of nitrogens with zero attached hydrogens (tertiary/aromatic N) is 2. The molecule has 1 heterocycles. The van der Waals surface area contributed by atoms with Gasteiger partial charge in [0.2, 0.25) is 0 Å². The van der Waals surface area contributed by atoms with E-state index in [1.54, 1.807) is 0 Å². The largest absolute Gasteiger partial charge is 0.268 e. The van der Waals surface area contributed by atoms with Gasteiger partial charge in [-0.2, -0.15) is 17.7 Å². The molecule has 0 fully saturated rings. The van der Waals surface area contributed by atoms with E-state index >= 15 is 0 Å². The van der Waals surface area contributed by atoms with E-state index in [4.69, 9.17) is 11.6 Å². The Kier molecular flexibility index (Phi) is 4.53. The molecule has 15 heavy (non-hydrogen) atoms. The van der Waals surface area contributed by atoms with Crippen LogP contribution in [0.5, 0.6) is 0 Å². The molecule has 1 rings (SSSR count). The summed E-state index contributed by atoms with van der Waals surface area (Å²) in [5.74, 6) is 2.04. The first-order valence-corrected chi connectivity index (χ1v) is 6.28. The average molecular weight is 247 g/mol. The van der Waals surface area contributed by atoms with E-state index in [1.165, 1.54) is 0 Å². The molecule has 0 saturated carbocycles. The molecule has 0 aliphatic heterocycles. The Hall–Kier alpha value is -0.150. The lowest BCUT2D eigenvalue weighted by molar-refractivity contribution is 0.351. The zero-order valence-electron chi connectivity index (χ0n) is 9.79. The highest BCUT2D eigenvalue weighted by Crippen LogP contribution is 2.22. The maximum absolute atomic E-state index is 6.10. The third-order valence-electron chi connectivity index (χ3n) is 2.88. The van der Waals surface area contributed by atoms with Crippen molar-refractivity contribution in [3.05, 3.63) is 16.4 Å². The van der Waals surface area contributed by atoms with Gasteiger partial charge in [-0.3, -0.25) is 4.68 Å². The van der Waals surface area contributed by atoms with Gasteiger partial charge in [-0.1, -0.05) is 25.4 Å². The van der Waals surface area contributed by atoms with Crippen molar-refractivity contribution in [3.8, 4) is 0 Å². The molecule has 0 saturated heterocycles. The molecular formula is C11H19ClN2S. The average Bonchev–Trinajstić information content (AvgIpc) is 2.42. The molecule has 0 bridgehead atoms. The Labute approximate surface area is 102 Å². The maximum Gasteiger partial charge on any atom is 0.0844 e. The van der Waals surface area contributed by atoms with Gasteiger partial charge < -0.3 is 0 Å². The first-order chi connectivity index (χ1) is 6.97. The Morgan fingerprint density at radius 2 is 2.00 bits per heavy atom. The molecule has 1 aromatic heterocycles. The number of aromatic nitrogens is 2. The molecule has 0 aliphatic rings. The second-order valence-electron chi connectivity index (χ2n) is 4.35. The van der Waals surface area contributed by atoms with Gasteiger partial charge in [-0.25, -0.2) is 0 Å². The molecule has 0 radical (unpaired) electrons. The first-order valence-electron chi connectivity index (χ1n) is 5.27. The minimum absolute atomic E-state index is 0.544. The van der Waals surface area contributed by atoms with Crippen molar-refractivity contribution in [1.29, 1.82) is 0 Å². The minimum Gasteiger partial charge on any atom is -0.268 e. The molecule has 0 amide bonds. The fraction of sp³-hybridized carbons (Fsp3) is 0.727. The fourth-order valence-electron chi connectivity index (χ4n) is 1.55. The maximum atomic E-state index is 6.10. The Balaban J connectivity index is 2.84. The summed E-state index contributed by atoms with van der Waals surface area (Å²) in [5.41, 5.74) is 1.97. The number of thiol groups is 1. The van der Waals surface area contributed by atoms with Crippen molar-refractivity contribution in [2.45, 2.75) is 34.2 Å². The molecule has 1 unspecified atom stereocenters. The van der Waals surface area contributed by atoms with Gasteiger partial charge in [0.15, 0.2) is 0 Å². The lowest BCUT2D eigenvalue weighted by Gasteiger charge is -2.19. The zero-order valence-corrected chi connectivity index (χ0v) is 11.4. The number of hydrogen-bond donors (Lipinski definition) is 1. The third-order valence-corrected chi connectivity index (χ3v) is 3.89. The Morgan fingerprint density at radius 3 is 2.33 bits per heavy atom. The lowest BCUT2D eigenvalue weighted by Crippen LogP contribution is -2.19. The van der Waals surface area contributed by atoms with Crippen LogP contribution in [0.1, 0.15) is 25.2 Å². The monoisotopic (exact) mass is 246 g/mol. The van der Waals surface area contributed by atoms with Crippen LogP contribution < -0.4 is 0 Å². The predicted molar refractivity (Wildman–Crippen MR) is 68.9 cm³/mol. The molecule has 0 N–H and O–H groups in total. The van der Waals surface area contributed by atoms with Gasteiger partial charge in [0, 0.05) is 6.54 Å². The van der Waals surface area contributed by atoms with E-state index in [2.05, 4.69) is 31.6 Å². The minimum atomic E-state index is 0.544. The summed E-state index contributed by atoms with van der Waals surface area (Å²) in [6, 6.07) is 0. The summed E-state index contributed by atoms with van der Waals surface area (Å²) >= 11 is 10.5. The summed E-state index contributed by atoms with van der Waals surface area (Å²) in [6.07, 6.45) is 0. The van der Waals surface area contributed by atoms with E-state index in [0.29, 0.717) is 11.8 Å². The molecule has 4 heteroatoms. The van der Waals surface area contributed by atoms with Crippen LogP contribution in [0.4, 0.5) is 0 Å².